The number of benzene rings is 2. The molecule has 4 heteroatoms. The van der Waals surface area contributed by atoms with Crippen molar-refractivity contribution in [3.63, 3.8) is 0 Å². The SMILES string of the molecule is Cc1cccc(CN2C(=O)Cc3cc(Br)c(N)cc32)c1. The molecule has 20 heavy (non-hydrogen) atoms. The Morgan fingerprint density at radius 1 is 1.30 bits per heavy atom. The van der Waals surface area contributed by atoms with Crippen molar-refractivity contribution in [1.29, 1.82) is 0 Å². The summed E-state index contributed by atoms with van der Waals surface area (Å²) in [6.45, 7) is 2.65. The van der Waals surface area contributed by atoms with E-state index in [2.05, 4.69) is 35.0 Å². The van der Waals surface area contributed by atoms with Crippen LogP contribution in [0.5, 0.6) is 0 Å². The van der Waals surface area contributed by atoms with Gasteiger partial charge in [0.1, 0.15) is 0 Å². The van der Waals surface area contributed by atoms with Crippen molar-refractivity contribution in [3.05, 3.63) is 57.6 Å². The highest BCUT2D eigenvalue weighted by molar-refractivity contribution is 9.10. The number of nitrogen functional groups attached to an aromatic ring is 1. The van der Waals surface area contributed by atoms with Gasteiger partial charge in [0.15, 0.2) is 0 Å². The lowest BCUT2D eigenvalue weighted by atomic mass is 10.1. The average molecular weight is 331 g/mol. The van der Waals surface area contributed by atoms with Gasteiger partial charge in [-0.15, -0.1) is 0 Å². The molecule has 0 aliphatic carbocycles. The van der Waals surface area contributed by atoms with Gasteiger partial charge in [-0.3, -0.25) is 4.79 Å². The van der Waals surface area contributed by atoms with E-state index in [1.165, 1.54) is 5.56 Å². The number of fused-ring (bicyclic) bond motifs is 1. The van der Waals surface area contributed by atoms with Crippen molar-refractivity contribution in [2.24, 2.45) is 0 Å². The summed E-state index contributed by atoms with van der Waals surface area (Å²) in [5.74, 6) is 0.124. The van der Waals surface area contributed by atoms with Crippen LogP contribution in [0.3, 0.4) is 0 Å². The molecule has 2 aromatic rings. The molecule has 0 radical (unpaired) electrons. The first-order valence-corrected chi connectivity index (χ1v) is 7.27. The normalized spacial score (nSPS) is 13.7. The van der Waals surface area contributed by atoms with Crippen LogP contribution < -0.4 is 10.6 Å². The third kappa shape index (κ3) is 2.31. The van der Waals surface area contributed by atoms with Crippen LogP contribution in [0.2, 0.25) is 0 Å². The van der Waals surface area contributed by atoms with Crippen LogP contribution in [0, 0.1) is 6.92 Å². The van der Waals surface area contributed by atoms with Crippen LogP contribution in [0.1, 0.15) is 16.7 Å². The molecule has 1 heterocycles. The van der Waals surface area contributed by atoms with E-state index in [0.717, 1.165) is 21.3 Å². The summed E-state index contributed by atoms with van der Waals surface area (Å²) in [7, 11) is 0. The molecule has 1 aliphatic rings. The Morgan fingerprint density at radius 3 is 2.85 bits per heavy atom. The minimum atomic E-state index is 0.124. The molecule has 0 spiro atoms. The number of nitrogens with zero attached hydrogens (tertiary/aromatic N) is 1. The second-order valence-corrected chi connectivity index (χ2v) is 6.00. The maximum Gasteiger partial charge on any atom is 0.231 e. The van der Waals surface area contributed by atoms with Gasteiger partial charge in [0, 0.05) is 15.8 Å². The lowest BCUT2D eigenvalue weighted by molar-refractivity contribution is -0.117. The highest BCUT2D eigenvalue weighted by Gasteiger charge is 2.28. The molecule has 1 aliphatic heterocycles. The van der Waals surface area contributed by atoms with Gasteiger partial charge >= 0.3 is 0 Å². The van der Waals surface area contributed by atoms with Crippen LogP contribution in [-0.4, -0.2) is 5.91 Å². The third-order valence-corrected chi connectivity index (χ3v) is 4.24. The second-order valence-electron chi connectivity index (χ2n) is 5.15. The van der Waals surface area contributed by atoms with E-state index in [1.807, 2.05) is 29.2 Å². The molecule has 2 N–H and O–H groups in total. The Hall–Kier alpha value is -1.81. The molecule has 1 amide bonds. The molecular weight excluding hydrogens is 316 g/mol. The molecule has 3 rings (SSSR count). The van der Waals surface area contributed by atoms with Crippen LogP contribution in [0.4, 0.5) is 11.4 Å². The number of anilines is 2. The predicted molar refractivity (Wildman–Crippen MR) is 84.6 cm³/mol. The number of halogens is 1. The van der Waals surface area contributed by atoms with E-state index in [0.29, 0.717) is 18.7 Å². The first-order valence-electron chi connectivity index (χ1n) is 6.48. The molecule has 0 aromatic heterocycles. The fourth-order valence-electron chi connectivity index (χ4n) is 2.57. The number of hydrogen-bond acceptors (Lipinski definition) is 2. The predicted octanol–water partition coefficient (Wildman–Crippen LogP) is 3.43. The third-order valence-electron chi connectivity index (χ3n) is 3.55. The Kier molecular flexibility index (Phi) is 3.26. The van der Waals surface area contributed by atoms with Crippen molar-refractivity contribution in [3.8, 4) is 0 Å². The van der Waals surface area contributed by atoms with Gasteiger partial charge in [0.05, 0.1) is 13.0 Å². The summed E-state index contributed by atoms with van der Waals surface area (Å²) >= 11 is 3.41. The minimum Gasteiger partial charge on any atom is -0.398 e. The topological polar surface area (TPSA) is 46.3 Å². The average Bonchev–Trinajstić information content (AvgIpc) is 2.67. The molecule has 0 atom stereocenters. The standard InChI is InChI=1S/C16H15BrN2O/c1-10-3-2-4-11(5-10)9-19-15-8-14(18)13(17)6-12(15)7-16(19)20/h2-6,8H,7,9,18H2,1H3. The Balaban J connectivity index is 1.96. The minimum absolute atomic E-state index is 0.124. The molecule has 0 saturated carbocycles. The van der Waals surface area contributed by atoms with Gasteiger partial charge < -0.3 is 10.6 Å². The van der Waals surface area contributed by atoms with E-state index < -0.39 is 0 Å². The molecule has 0 saturated heterocycles. The van der Waals surface area contributed by atoms with Crippen molar-refractivity contribution < 1.29 is 4.79 Å². The Labute approximate surface area is 126 Å². The zero-order valence-electron chi connectivity index (χ0n) is 11.2. The van der Waals surface area contributed by atoms with E-state index in [-0.39, 0.29) is 5.91 Å². The summed E-state index contributed by atoms with van der Waals surface area (Å²) in [5.41, 5.74) is 10.9. The van der Waals surface area contributed by atoms with E-state index in [4.69, 9.17) is 5.73 Å². The zero-order chi connectivity index (χ0) is 14.3. The quantitative estimate of drug-likeness (QED) is 0.857. The van der Waals surface area contributed by atoms with Crippen molar-refractivity contribution >= 4 is 33.2 Å². The summed E-state index contributed by atoms with van der Waals surface area (Å²) in [4.78, 5) is 14.0. The molecule has 2 aromatic carbocycles. The van der Waals surface area contributed by atoms with E-state index in [1.54, 1.807) is 0 Å². The van der Waals surface area contributed by atoms with Crippen LogP contribution in [0.25, 0.3) is 0 Å². The van der Waals surface area contributed by atoms with Crippen molar-refractivity contribution in [2.75, 3.05) is 10.6 Å². The number of hydrogen-bond donors (Lipinski definition) is 1. The van der Waals surface area contributed by atoms with Gasteiger partial charge in [0.2, 0.25) is 5.91 Å². The highest BCUT2D eigenvalue weighted by atomic mass is 79.9. The number of carbonyl (C=O) groups is 1. The van der Waals surface area contributed by atoms with Gasteiger partial charge in [-0.05, 0) is 46.1 Å². The van der Waals surface area contributed by atoms with Crippen molar-refractivity contribution in [1.82, 2.24) is 0 Å². The summed E-state index contributed by atoms with van der Waals surface area (Å²) in [6, 6.07) is 12.0. The lowest BCUT2D eigenvalue weighted by Crippen LogP contribution is -2.26. The molecule has 102 valence electrons. The van der Waals surface area contributed by atoms with E-state index in [9.17, 15) is 4.79 Å². The number of nitrogens with two attached hydrogens (primary N) is 1. The maximum absolute atomic E-state index is 12.2. The van der Waals surface area contributed by atoms with Crippen molar-refractivity contribution in [2.45, 2.75) is 19.9 Å². The molecule has 0 unspecified atom stereocenters. The van der Waals surface area contributed by atoms with Gasteiger partial charge in [-0.2, -0.15) is 0 Å². The van der Waals surface area contributed by atoms with Crippen LogP contribution >= 0.6 is 15.9 Å². The first-order chi connectivity index (χ1) is 9.54. The molecule has 0 fully saturated rings. The largest absolute Gasteiger partial charge is 0.398 e. The maximum atomic E-state index is 12.2. The fourth-order valence-corrected chi connectivity index (χ4v) is 2.96. The van der Waals surface area contributed by atoms with Gasteiger partial charge in [-0.1, -0.05) is 29.8 Å². The zero-order valence-corrected chi connectivity index (χ0v) is 12.8. The fraction of sp³-hybridized carbons (Fsp3) is 0.188. The first kappa shape index (κ1) is 13.2. The monoisotopic (exact) mass is 330 g/mol. The molecular formula is C16H15BrN2O. The number of rotatable bonds is 2. The van der Waals surface area contributed by atoms with Gasteiger partial charge in [-0.25, -0.2) is 0 Å². The summed E-state index contributed by atoms with van der Waals surface area (Å²) in [5, 5.41) is 0. The van der Waals surface area contributed by atoms with E-state index >= 15 is 0 Å². The Morgan fingerprint density at radius 2 is 2.10 bits per heavy atom. The smallest absolute Gasteiger partial charge is 0.231 e. The lowest BCUT2D eigenvalue weighted by Gasteiger charge is -2.18. The Bertz CT molecular complexity index is 697. The number of carbonyl (C=O) groups excluding carboxylic acids is 1. The number of aryl methyl sites for hydroxylation is 1. The second kappa shape index (κ2) is 4.94. The molecule has 3 nitrogen and oxygen atoms in total. The summed E-state index contributed by atoms with van der Waals surface area (Å²) < 4.78 is 0.849. The summed E-state index contributed by atoms with van der Waals surface area (Å²) in [6.07, 6.45) is 0.444. The van der Waals surface area contributed by atoms with Crippen LogP contribution in [-0.2, 0) is 17.8 Å². The molecule has 0 bridgehead atoms. The van der Waals surface area contributed by atoms with Crippen LogP contribution in [0.15, 0.2) is 40.9 Å². The highest BCUT2D eigenvalue weighted by Crippen LogP contribution is 2.36. The van der Waals surface area contributed by atoms with Gasteiger partial charge in [0.25, 0.3) is 0 Å². The number of amides is 1.